The van der Waals surface area contributed by atoms with Crippen molar-refractivity contribution in [3.63, 3.8) is 0 Å². The molecule has 1 aliphatic rings. The molecule has 2 amide bonds. The summed E-state index contributed by atoms with van der Waals surface area (Å²) in [5.41, 5.74) is 0.739. The van der Waals surface area contributed by atoms with E-state index in [1.807, 2.05) is 33.0 Å². The third kappa shape index (κ3) is 7.01. The second-order valence-corrected chi connectivity index (χ2v) is 12.3. The van der Waals surface area contributed by atoms with Crippen molar-refractivity contribution in [2.45, 2.75) is 45.1 Å². The highest BCUT2D eigenvalue weighted by atomic mass is 19.1. The van der Waals surface area contributed by atoms with Crippen molar-refractivity contribution in [3.8, 4) is 17.2 Å². The van der Waals surface area contributed by atoms with Crippen molar-refractivity contribution >= 4 is 23.2 Å². The number of carbonyl (C=O) groups is 2. The maximum Gasteiger partial charge on any atom is 0.410 e. The Morgan fingerprint density at radius 2 is 1.70 bits per heavy atom. The van der Waals surface area contributed by atoms with Crippen LogP contribution in [0.3, 0.4) is 0 Å². The van der Waals surface area contributed by atoms with Crippen molar-refractivity contribution in [2.75, 3.05) is 18.4 Å². The number of halogens is 2. The van der Waals surface area contributed by atoms with E-state index >= 15 is 4.39 Å². The lowest BCUT2D eigenvalue weighted by atomic mass is 9.90. The number of nitrogens with one attached hydrogen (secondary N) is 1. The molecule has 5 aromatic rings. The van der Waals surface area contributed by atoms with Crippen LogP contribution in [0.1, 0.15) is 55.5 Å². The molecule has 3 aromatic heterocycles. The molecular formula is C35H33F2N5O5. The molecule has 2 aromatic carbocycles. The van der Waals surface area contributed by atoms with E-state index in [0.29, 0.717) is 42.9 Å². The molecule has 47 heavy (non-hydrogen) atoms. The lowest BCUT2D eigenvalue weighted by Crippen LogP contribution is -2.41. The Labute approximate surface area is 269 Å². The smallest absolute Gasteiger partial charge is 0.410 e. The van der Waals surface area contributed by atoms with Gasteiger partial charge in [-0.25, -0.2) is 18.1 Å². The standard InChI is InChI=1S/C35H33F2N5O5/c1-35(2,3)47-34(45)40-17-13-22(14-18-40)23-19-31(29-12-15-38-42(29)21-23)46-30-11-8-25(20-28(30)37)39-32(43)27-5-4-16-41(33(27)44)26-9-6-24(36)7-10-26/h4-12,15-16,19-22H,13-14,17-18H2,1-3H3,(H,39,43). The topological polar surface area (TPSA) is 107 Å². The van der Waals surface area contributed by atoms with E-state index in [9.17, 15) is 18.8 Å². The number of anilines is 1. The van der Waals surface area contributed by atoms with Gasteiger partial charge >= 0.3 is 6.09 Å². The van der Waals surface area contributed by atoms with Gasteiger partial charge in [-0.3, -0.25) is 14.2 Å². The van der Waals surface area contributed by atoms with E-state index in [2.05, 4.69) is 10.4 Å². The number of amides is 2. The summed E-state index contributed by atoms with van der Waals surface area (Å²) in [4.78, 5) is 40.3. The summed E-state index contributed by atoms with van der Waals surface area (Å²) >= 11 is 0. The number of pyridine rings is 2. The Hall–Kier alpha value is -5.52. The number of benzene rings is 2. The fraction of sp³-hybridized carbons (Fsp3) is 0.257. The van der Waals surface area contributed by atoms with Crippen LogP contribution in [0.15, 0.2) is 90.1 Å². The monoisotopic (exact) mass is 641 g/mol. The average Bonchev–Trinajstić information content (AvgIpc) is 3.51. The van der Waals surface area contributed by atoms with Crippen LogP contribution in [-0.2, 0) is 4.74 Å². The van der Waals surface area contributed by atoms with Gasteiger partial charge in [0.25, 0.3) is 11.5 Å². The second-order valence-electron chi connectivity index (χ2n) is 12.3. The number of carbonyl (C=O) groups excluding carboxylic acids is 2. The van der Waals surface area contributed by atoms with Gasteiger partial charge in [-0.2, -0.15) is 5.10 Å². The number of nitrogens with zero attached hydrogens (tertiary/aromatic N) is 4. The molecule has 0 aliphatic carbocycles. The van der Waals surface area contributed by atoms with E-state index in [-0.39, 0.29) is 29.0 Å². The van der Waals surface area contributed by atoms with Crippen LogP contribution in [0.2, 0.25) is 0 Å². The van der Waals surface area contributed by atoms with Crippen molar-refractivity contribution in [1.82, 2.24) is 19.1 Å². The molecule has 6 rings (SSSR count). The lowest BCUT2D eigenvalue weighted by Gasteiger charge is -2.33. The molecule has 0 atom stereocenters. The number of ether oxygens (including phenoxy) is 2. The Bertz CT molecular complexity index is 2010. The molecule has 0 spiro atoms. The van der Waals surface area contributed by atoms with Gasteiger partial charge in [-0.1, -0.05) is 0 Å². The van der Waals surface area contributed by atoms with Gasteiger partial charge < -0.3 is 19.7 Å². The quantitative estimate of drug-likeness (QED) is 0.216. The summed E-state index contributed by atoms with van der Waals surface area (Å²) in [6.07, 6.45) is 6.11. The van der Waals surface area contributed by atoms with Gasteiger partial charge in [0.15, 0.2) is 17.3 Å². The molecule has 1 N–H and O–H groups in total. The molecule has 242 valence electrons. The SMILES string of the molecule is CC(C)(C)OC(=O)N1CCC(c2cc(Oc3ccc(NC(=O)c4cccn(-c5ccc(F)cc5)c4=O)cc3F)c3ccnn3c2)CC1. The molecular weight excluding hydrogens is 608 g/mol. The Kier molecular flexibility index (Phi) is 8.50. The first-order chi connectivity index (χ1) is 22.4. The second kappa shape index (κ2) is 12.7. The minimum Gasteiger partial charge on any atom is -0.452 e. The number of aromatic nitrogens is 3. The van der Waals surface area contributed by atoms with Crippen LogP contribution in [-0.4, -0.2) is 49.8 Å². The third-order valence-corrected chi connectivity index (χ3v) is 7.82. The van der Waals surface area contributed by atoms with Gasteiger partial charge in [-0.05, 0) is 106 Å². The number of hydrogen-bond acceptors (Lipinski definition) is 6. The summed E-state index contributed by atoms with van der Waals surface area (Å²) in [6.45, 7) is 6.59. The van der Waals surface area contributed by atoms with Crippen molar-refractivity contribution in [1.29, 1.82) is 0 Å². The van der Waals surface area contributed by atoms with E-state index in [1.165, 1.54) is 59.3 Å². The molecule has 1 fully saturated rings. The zero-order valence-electron chi connectivity index (χ0n) is 26.1. The number of fused-ring (bicyclic) bond motifs is 1. The molecule has 1 saturated heterocycles. The summed E-state index contributed by atoms with van der Waals surface area (Å²) in [7, 11) is 0. The Morgan fingerprint density at radius 1 is 0.957 bits per heavy atom. The van der Waals surface area contributed by atoms with E-state index in [1.54, 1.807) is 21.7 Å². The van der Waals surface area contributed by atoms with Crippen LogP contribution in [0.5, 0.6) is 11.5 Å². The fourth-order valence-electron chi connectivity index (χ4n) is 5.49. The number of piperidine rings is 1. The summed E-state index contributed by atoms with van der Waals surface area (Å²) < 4.78 is 43.2. The first-order valence-corrected chi connectivity index (χ1v) is 15.2. The molecule has 10 nitrogen and oxygen atoms in total. The predicted octanol–water partition coefficient (Wildman–Crippen LogP) is 6.92. The van der Waals surface area contributed by atoms with E-state index < -0.39 is 28.7 Å². The molecule has 0 saturated carbocycles. The predicted molar refractivity (Wildman–Crippen MR) is 171 cm³/mol. The Balaban J connectivity index is 1.17. The number of rotatable bonds is 6. The largest absolute Gasteiger partial charge is 0.452 e. The molecule has 0 bridgehead atoms. The summed E-state index contributed by atoms with van der Waals surface area (Å²) in [6, 6.07) is 15.8. The minimum atomic E-state index is -0.731. The van der Waals surface area contributed by atoms with E-state index in [0.717, 1.165) is 11.6 Å². The van der Waals surface area contributed by atoms with Crippen molar-refractivity contribution in [3.05, 3.63) is 118 Å². The normalized spacial score (nSPS) is 13.9. The lowest BCUT2D eigenvalue weighted by molar-refractivity contribution is 0.0204. The maximum absolute atomic E-state index is 15.4. The fourth-order valence-corrected chi connectivity index (χ4v) is 5.49. The van der Waals surface area contributed by atoms with Crippen LogP contribution in [0.4, 0.5) is 19.3 Å². The number of hydrogen-bond donors (Lipinski definition) is 1. The minimum absolute atomic E-state index is 0.0682. The third-order valence-electron chi connectivity index (χ3n) is 7.82. The van der Waals surface area contributed by atoms with Gasteiger partial charge in [0.05, 0.1) is 6.20 Å². The van der Waals surface area contributed by atoms with E-state index in [4.69, 9.17) is 9.47 Å². The van der Waals surface area contributed by atoms with Crippen LogP contribution in [0, 0.1) is 11.6 Å². The molecule has 4 heterocycles. The van der Waals surface area contributed by atoms with Crippen LogP contribution >= 0.6 is 0 Å². The highest BCUT2D eigenvalue weighted by Gasteiger charge is 2.28. The van der Waals surface area contributed by atoms with Crippen LogP contribution in [0.25, 0.3) is 11.2 Å². The molecule has 1 aliphatic heterocycles. The van der Waals surface area contributed by atoms with Crippen molar-refractivity contribution in [2.24, 2.45) is 0 Å². The zero-order valence-corrected chi connectivity index (χ0v) is 26.1. The first kappa shape index (κ1) is 31.5. The highest BCUT2D eigenvalue weighted by molar-refractivity contribution is 6.04. The molecule has 0 unspecified atom stereocenters. The first-order valence-electron chi connectivity index (χ1n) is 15.2. The molecule has 12 heteroatoms. The van der Waals surface area contributed by atoms with Gasteiger partial charge in [0.2, 0.25) is 0 Å². The maximum atomic E-state index is 15.4. The van der Waals surface area contributed by atoms with Gasteiger partial charge in [-0.15, -0.1) is 0 Å². The highest BCUT2D eigenvalue weighted by Crippen LogP contribution is 2.35. The molecule has 0 radical (unpaired) electrons. The van der Waals surface area contributed by atoms with Gasteiger partial charge in [0.1, 0.15) is 22.5 Å². The Morgan fingerprint density at radius 3 is 2.40 bits per heavy atom. The summed E-state index contributed by atoms with van der Waals surface area (Å²) in [5.74, 6) is -1.46. The van der Waals surface area contributed by atoms with Crippen LogP contribution < -0.4 is 15.6 Å². The average molecular weight is 642 g/mol. The zero-order chi connectivity index (χ0) is 33.3. The summed E-state index contributed by atoms with van der Waals surface area (Å²) in [5, 5.41) is 6.92. The van der Waals surface area contributed by atoms with Gasteiger partial charge in [0, 0.05) is 42.9 Å². The number of likely N-dealkylation sites (tertiary alicyclic amines) is 1. The van der Waals surface area contributed by atoms with Crippen molar-refractivity contribution < 1.29 is 27.8 Å².